The van der Waals surface area contributed by atoms with Gasteiger partial charge in [-0.25, -0.2) is 18.1 Å². The fourth-order valence-corrected chi connectivity index (χ4v) is 3.93. The first kappa shape index (κ1) is 16.5. The number of aromatic nitrogens is 2. The highest BCUT2D eigenvalue weighted by molar-refractivity contribution is 7.89. The van der Waals surface area contributed by atoms with Crippen LogP contribution in [0.5, 0.6) is 5.75 Å². The Hall–Kier alpha value is -1.86. The first-order valence-corrected chi connectivity index (χ1v) is 8.53. The Balaban J connectivity index is 2.04. The molecule has 0 atom stereocenters. The summed E-state index contributed by atoms with van der Waals surface area (Å²) in [5, 5.41) is 0. The maximum absolute atomic E-state index is 12.5. The molecule has 0 saturated heterocycles. The van der Waals surface area contributed by atoms with Gasteiger partial charge < -0.3 is 9.30 Å². The average molecular weight is 323 g/mol. The van der Waals surface area contributed by atoms with Gasteiger partial charge in [-0.15, -0.1) is 0 Å². The maximum Gasteiger partial charge on any atom is 0.241 e. The molecule has 0 spiro atoms. The summed E-state index contributed by atoms with van der Waals surface area (Å²) in [6.07, 6.45) is 5.97. The zero-order valence-electron chi connectivity index (χ0n) is 13.0. The van der Waals surface area contributed by atoms with Crippen molar-refractivity contribution < 1.29 is 13.2 Å². The van der Waals surface area contributed by atoms with Crippen LogP contribution in [0.1, 0.15) is 17.5 Å². The zero-order valence-corrected chi connectivity index (χ0v) is 13.9. The van der Waals surface area contributed by atoms with Crippen LogP contribution in [0.25, 0.3) is 0 Å². The summed E-state index contributed by atoms with van der Waals surface area (Å²) in [6.45, 7) is 4.65. The number of imidazole rings is 1. The molecule has 0 radical (unpaired) electrons. The third-order valence-electron chi connectivity index (χ3n) is 3.38. The van der Waals surface area contributed by atoms with E-state index in [2.05, 4.69) is 9.71 Å². The first-order chi connectivity index (χ1) is 10.4. The van der Waals surface area contributed by atoms with Crippen LogP contribution in [0.15, 0.2) is 35.7 Å². The predicted molar refractivity (Wildman–Crippen MR) is 84.5 cm³/mol. The van der Waals surface area contributed by atoms with E-state index in [0.29, 0.717) is 34.7 Å². The summed E-state index contributed by atoms with van der Waals surface area (Å²) in [5.74, 6) is 0.661. The van der Waals surface area contributed by atoms with Crippen molar-refractivity contribution in [1.82, 2.24) is 14.3 Å². The Bertz CT molecular complexity index is 701. The van der Waals surface area contributed by atoms with Crippen LogP contribution in [-0.4, -0.2) is 31.6 Å². The van der Waals surface area contributed by atoms with Gasteiger partial charge in [-0.2, -0.15) is 0 Å². The van der Waals surface area contributed by atoms with Crippen molar-refractivity contribution in [3.05, 3.63) is 42.0 Å². The molecule has 1 aromatic heterocycles. The molecule has 22 heavy (non-hydrogen) atoms. The molecule has 0 aliphatic rings. The topological polar surface area (TPSA) is 73.2 Å². The number of ether oxygens (including phenoxy) is 1. The number of hydrogen-bond donors (Lipinski definition) is 1. The van der Waals surface area contributed by atoms with Crippen molar-refractivity contribution in [3.63, 3.8) is 0 Å². The Morgan fingerprint density at radius 1 is 1.27 bits per heavy atom. The molecule has 0 saturated carbocycles. The summed E-state index contributed by atoms with van der Waals surface area (Å²) >= 11 is 0. The van der Waals surface area contributed by atoms with Crippen LogP contribution in [0, 0.1) is 13.8 Å². The van der Waals surface area contributed by atoms with Gasteiger partial charge in [0.2, 0.25) is 10.0 Å². The fraction of sp³-hybridized carbons (Fsp3) is 0.400. The van der Waals surface area contributed by atoms with E-state index >= 15 is 0 Å². The van der Waals surface area contributed by atoms with Crippen LogP contribution < -0.4 is 9.46 Å². The summed E-state index contributed by atoms with van der Waals surface area (Å²) < 4.78 is 34.7. The molecule has 0 aliphatic carbocycles. The Morgan fingerprint density at radius 3 is 2.50 bits per heavy atom. The zero-order chi connectivity index (χ0) is 16.2. The molecule has 0 aliphatic heterocycles. The van der Waals surface area contributed by atoms with Gasteiger partial charge in [-0.05, 0) is 43.5 Å². The van der Waals surface area contributed by atoms with Gasteiger partial charge >= 0.3 is 0 Å². The lowest BCUT2D eigenvalue weighted by atomic mass is 10.1. The molecular weight excluding hydrogens is 302 g/mol. The van der Waals surface area contributed by atoms with Gasteiger partial charge in [0.25, 0.3) is 0 Å². The van der Waals surface area contributed by atoms with Gasteiger partial charge in [0.1, 0.15) is 5.75 Å². The van der Waals surface area contributed by atoms with Gasteiger partial charge in [-0.3, -0.25) is 0 Å². The molecule has 7 heteroatoms. The van der Waals surface area contributed by atoms with E-state index in [1.165, 1.54) is 0 Å². The molecule has 120 valence electrons. The fourth-order valence-electron chi connectivity index (χ4n) is 2.41. The number of sulfonamides is 1. The number of nitrogens with one attached hydrogen (secondary N) is 1. The minimum Gasteiger partial charge on any atom is -0.497 e. The maximum atomic E-state index is 12.5. The first-order valence-electron chi connectivity index (χ1n) is 7.04. The van der Waals surface area contributed by atoms with Crippen LogP contribution in [0.2, 0.25) is 0 Å². The lowest BCUT2D eigenvalue weighted by molar-refractivity contribution is 0.413. The second kappa shape index (κ2) is 6.93. The molecule has 1 heterocycles. The SMILES string of the molecule is COc1cc(C)c(S(=O)(=O)NCCCn2ccnc2)c(C)c1. The normalized spacial score (nSPS) is 11.6. The highest BCUT2D eigenvalue weighted by atomic mass is 32.2. The van der Waals surface area contributed by atoms with Crippen molar-refractivity contribution in [2.24, 2.45) is 0 Å². The van der Waals surface area contributed by atoms with E-state index in [-0.39, 0.29) is 0 Å². The standard InChI is InChI=1S/C15H21N3O3S/c1-12-9-14(21-3)10-13(2)15(12)22(19,20)17-5-4-7-18-8-6-16-11-18/h6,8-11,17H,4-5,7H2,1-3H3. The predicted octanol–water partition coefficient (Wildman–Crippen LogP) is 1.88. The molecule has 0 amide bonds. The van der Waals surface area contributed by atoms with Crippen LogP contribution in [-0.2, 0) is 16.6 Å². The van der Waals surface area contributed by atoms with Crippen molar-refractivity contribution >= 4 is 10.0 Å². The summed E-state index contributed by atoms with van der Waals surface area (Å²) in [5.41, 5.74) is 1.36. The molecule has 1 N–H and O–H groups in total. The lowest BCUT2D eigenvalue weighted by Gasteiger charge is -2.13. The van der Waals surface area contributed by atoms with E-state index in [1.54, 1.807) is 45.6 Å². The van der Waals surface area contributed by atoms with E-state index in [0.717, 1.165) is 6.54 Å². The van der Waals surface area contributed by atoms with Crippen LogP contribution in [0.4, 0.5) is 0 Å². The number of methoxy groups -OCH3 is 1. The largest absolute Gasteiger partial charge is 0.497 e. The number of rotatable bonds is 7. The Labute approximate surface area is 131 Å². The smallest absolute Gasteiger partial charge is 0.241 e. The highest BCUT2D eigenvalue weighted by Gasteiger charge is 2.19. The van der Waals surface area contributed by atoms with Gasteiger partial charge in [0, 0.05) is 25.5 Å². The van der Waals surface area contributed by atoms with E-state index in [1.807, 2.05) is 10.8 Å². The second-order valence-corrected chi connectivity index (χ2v) is 6.85. The molecule has 0 fully saturated rings. The lowest BCUT2D eigenvalue weighted by Crippen LogP contribution is -2.27. The number of hydrogen-bond acceptors (Lipinski definition) is 4. The number of benzene rings is 1. The molecule has 2 aromatic rings. The molecule has 0 bridgehead atoms. The van der Waals surface area contributed by atoms with Crippen LogP contribution in [0.3, 0.4) is 0 Å². The van der Waals surface area contributed by atoms with Gasteiger partial charge in [0.05, 0.1) is 18.3 Å². The van der Waals surface area contributed by atoms with E-state index in [9.17, 15) is 8.42 Å². The second-order valence-electron chi connectivity index (χ2n) is 5.14. The van der Waals surface area contributed by atoms with Crippen molar-refractivity contribution in [3.8, 4) is 5.75 Å². The van der Waals surface area contributed by atoms with Crippen molar-refractivity contribution in [1.29, 1.82) is 0 Å². The number of aryl methyl sites for hydroxylation is 3. The Kier molecular flexibility index (Phi) is 5.20. The van der Waals surface area contributed by atoms with Crippen molar-refractivity contribution in [2.45, 2.75) is 31.7 Å². The minimum atomic E-state index is -3.52. The third kappa shape index (κ3) is 3.86. The quantitative estimate of drug-likeness (QED) is 0.790. The van der Waals surface area contributed by atoms with Gasteiger partial charge in [0.15, 0.2) is 0 Å². The minimum absolute atomic E-state index is 0.330. The van der Waals surface area contributed by atoms with Crippen molar-refractivity contribution in [2.75, 3.05) is 13.7 Å². The average Bonchev–Trinajstić information content (AvgIpc) is 2.95. The molecule has 1 aromatic carbocycles. The summed E-state index contributed by atoms with van der Waals surface area (Å²) in [6, 6.07) is 3.46. The van der Waals surface area contributed by atoms with Crippen LogP contribution >= 0.6 is 0 Å². The monoisotopic (exact) mass is 323 g/mol. The summed E-state index contributed by atoms with van der Waals surface area (Å²) in [4.78, 5) is 4.28. The molecule has 0 unspecified atom stereocenters. The van der Waals surface area contributed by atoms with Gasteiger partial charge in [-0.1, -0.05) is 0 Å². The molecule has 2 rings (SSSR count). The summed E-state index contributed by atoms with van der Waals surface area (Å²) in [7, 11) is -1.95. The van der Waals surface area contributed by atoms with E-state index in [4.69, 9.17) is 4.74 Å². The van der Waals surface area contributed by atoms with E-state index < -0.39 is 10.0 Å². The highest BCUT2D eigenvalue weighted by Crippen LogP contribution is 2.25. The third-order valence-corrected chi connectivity index (χ3v) is 5.15. The Morgan fingerprint density at radius 2 is 1.95 bits per heavy atom. The number of nitrogens with zero attached hydrogens (tertiary/aromatic N) is 2. The molecular formula is C15H21N3O3S. The molecule has 6 nitrogen and oxygen atoms in total.